The highest BCUT2D eigenvalue weighted by Crippen LogP contribution is 2.36. The lowest BCUT2D eigenvalue weighted by Crippen LogP contribution is -2.11. The lowest BCUT2D eigenvalue weighted by molar-refractivity contribution is 0.885. The Morgan fingerprint density at radius 2 is 1.90 bits per heavy atom. The van der Waals surface area contributed by atoms with E-state index in [9.17, 15) is 0 Å². The summed E-state index contributed by atoms with van der Waals surface area (Å²) < 4.78 is 1.29. The standard InChI is InChI=1S/C17H14INS/c18-15-8-12(9-20-15)17(19)14-7-6-11-5-4-10-2-1-3-13(14)16(10)11/h1-3,6-9,17H,4-5,19H2. The van der Waals surface area contributed by atoms with Gasteiger partial charge in [-0.2, -0.15) is 0 Å². The Kier molecular flexibility index (Phi) is 3.09. The van der Waals surface area contributed by atoms with Crippen molar-refractivity contribution in [3.8, 4) is 0 Å². The molecule has 1 aromatic heterocycles. The third kappa shape index (κ3) is 1.91. The van der Waals surface area contributed by atoms with Crippen LogP contribution in [0.4, 0.5) is 0 Å². The number of benzene rings is 2. The first kappa shape index (κ1) is 12.8. The highest BCUT2D eigenvalue weighted by atomic mass is 127. The summed E-state index contributed by atoms with van der Waals surface area (Å²) in [6.07, 6.45) is 2.34. The van der Waals surface area contributed by atoms with Crippen molar-refractivity contribution in [2.24, 2.45) is 5.73 Å². The summed E-state index contributed by atoms with van der Waals surface area (Å²) in [5, 5.41) is 4.96. The molecular weight excluding hydrogens is 377 g/mol. The van der Waals surface area contributed by atoms with Gasteiger partial charge < -0.3 is 5.73 Å². The first-order chi connectivity index (χ1) is 9.74. The van der Waals surface area contributed by atoms with Gasteiger partial charge in [0.2, 0.25) is 0 Å². The van der Waals surface area contributed by atoms with Gasteiger partial charge in [0, 0.05) is 0 Å². The molecule has 3 heteroatoms. The van der Waals surface area contributed by atoms with Crippen LogP contribution >= 0.6 is 33.9 Å². The highest BCUT2D eigenvalue weighted by molar-refractivity contribution is 14.1. The van der Waals surface area contributed by atoms with Gasteiger partial charge in [0.05, 0.1) is 8.93 Å². The first-order valence-corrected chi connectivity index (χ1v) is 8.73. The maximum Gasteiger partial charge on any atom is 0.0656 e. The summed E-state index contributed by atoms with van der Waals surface area (Å²) in [6, 6.07) is 13.3. The van der Waals surface area contributed by atoms with Crippen LogP contribution in [0.5, 0.6) is 0 Å². The van der Waals surface area contributed by atoms with Gasteiger partial charge >= 0.3 is 0 Å². The highest BCUT2D eigenvalue weighted by Gasteiger charge is 2.19. The Balaban J connectivity index is 1.93. The predicted octanol–water partition coefficient (Wildman–Crippen LogP) is 4.65. The maximum atomic E-state index is 6.52. The zero-order valence-corrected chi connectivity index (χ0v) is 13.9. The number of nitrogens with two attached hydrogens (primary N) is 1. The minimum atomic E-state index is -0.0281. The van der Waals surface area contributed by atoms with Gasteiger partial charge in [-0.05, 0) is 79.9 Å². The monoisotopic (exact) mass is 391 g/mol. The van der Waals surface area contributed by atoms with E-state index in [1.54, 1.807) is 11.3 Å². The van der Waals surface area contributed by atoms with Crippen LogP contribution in [0, 0.1) is 2.88 Å². The molecule has 0 fully saturated rings. The normalized spacial score (nSPS) is 14.9. The summed E-state index contributed by atoms with van der Waals surface area (Å²) in [6.45, 7) is 0. The molecule has 20 heavy (non-hydrogen) atoms. The molecule has 1 heterocycles. The van der Waals surface area contributed by atoms with Gasteiger partial charge in [0.15, 0.2) is 0 Å². The summed E-state index contributed by atoms with van der Waals surface area (Å²) in [7, 11) is 0. The number of halogens is 1. The van der Waals surface area contributed by atoms with Gasteiger partial charge in [-0.15, -0.1) is 11.3 Å². The molecule has 0 spiro atoms. The van der Waals surface area contributed by atoms with Crippen LogP contribution < -0.4 is 5.73 Å². The molecule has 1 nitrogen and oxygen atoms in total. The Labute approximate surface area is 136 Å². The SMILES string of the molecule is NC(c1csc(I)c1)c1ccc2c3c(cccc13)CC2. The number of thiophene rings is 1. The van der Waals surface area contributed by atoms with Crippen molar-refractivity contribution in [1.82, 2.24) is 0 Å². The zero-order chi connectivity index (χ0) is 13.7. The van der Waals surface area contributed by atoms with E-state index in [2.05, 4.69) is 64.4 Å². The topological polar surface area (TPSA) is 26.0 Å². The van der Waals surface area contributed by atoms with Crippen LogP contribution in [0.25, 0.3) is 10.8 Å². The molecule has 0 amide bonds. The molecule has 3 aromatic rings. The molecule has 0 saturated carbocycles. The second-order valence-corrected chi connectivity index (χ2v) is 8.12. The summed E-state index contributed by atoms with van der Waals surface area (Å²) in [5.41, 5.74) is 11.9. The van der Waals surface area contributed by atoms with Gasteiger partial charge in [0.1, 0.15) is 0 Å². The van der Waals surface area contributed by atoms with E-state index < -0.39 is 0 Å². The molecule has 2 N–H and O–H groups in total. The molecule has 1 aliphatic carbocycles. The largest absolute Gasteiger partial charge is 0.320 e. The average molecular weight is 391 g/mol. The van der Waals surface area contributed by atoms with Crippen molar-refractivity contribution in [3.63, 3.8) is 0 Å². The van der Waals surface area contributed by atoms with E-state index in [0.29, 0.717) is 0 Å². The molecular formula is C17H14INS. The lowest BCUT2D eigenvalue weighted by atomic mass is 9.93. The molecule has 0 saturated heterocycles. The Hall–Kier alpha value is -0.910. The van der Waals surface area contributed by atoms with Gasteiger partial charge in [-0.1, -0.05) is 30.3 Å². The van der Waals surface area contributed by atoms with Crippen molar-refractivity contribution in [2.75, 3.05) is 0 Å². The van der Waals surface area contributed by atoms with Crippen LogP contribution in [-0.2, 0) is 12.8 Å². The predicted molar refractivity (Wildman–Crippen MR) is 94.4 cm³/mol. The Bertz CT molecular complexity index is 796. The molecule has 4 rings (SSSR count). The van der Waals surface area contributed by atoms with E-state index in [1.165, 1.54) is 48.8 Å². The zero-order valence-electron chi connectivity index (χ0n) is 10.9. The minimum Gasteiger partial charge on any atom is -0.320 e. The number of rotatable bonds is 2. The lowest BCUT2D eigenvalue weighted by Gasteiger charge is -2.15. The second kappa shape index (κ2) is 4.83. The van der Waals surface area contributed by atoms with Crippen LogP contribution in [0.1, 0.15) is 28.3 Å². The quantitative estimate of drug-likeness (QED) is 0.633. The number of aryl methyl sites for hydroxylation is 2. The number of hydrogen-bond acceptors (Lipinski definition) is 2. The third-order valence-corrected chi connectivity index (χ3v) is 6.00. The molecule has 0 radical (unpaired) electrons. The fourth-order valence-electron chi connectivity index (χ4n) is 3.21. The first-order valence-electron chi connectivity index (χ1n) is 6.77. The molecule has 100 valence electrons. The number of hydrogen-bond donors (Lipinski definition) is 1. The Morgan fingerprint density at radius 3 is 2.65 bits per heavy atom. The van der Waals surface area contributed by atoms with Crippen molar-refractivity contribution in [3.05, 3.63) is 66.9 Å². The van der Waals surface area contributed by atoms with Crippen LogP contribution in [0.2, 0.25) is 0 Å². The molecule has 0 bridgehead atoms. The molecule has 1 atom stereocenters. The van der Waals surface area contributed by atoms with Gasteiger partial charge in [-0.3, -0.25) is 0 Å². The van der Waals surface area contributed by atoms with Crippen molar-refractivity contribution in [2.45, 2.75) is 18.9 Å². The summed E-state index contributed by atoms with van der Waals surface area (Å²) >= 11 is 4.11. The van der Waals surface area contributed by atoms with E-state index in [-0.39, 0.29) is 6.04 Å². The summed E-state index contributed by atoms with van der Waals surface area (Å²) in [5.74, 6) is 0. The van der Waals surface area contributed by atoms with Crippen LogP contribution in [0.3, 0.4) is 0 Å². The second-order valence-electron chi connectivity index (χ2n) is 5.32. The Morgan fingerprint density at radius 1 is 1.10 bits per heavy atom. The fraction of sp³-hybridized carbons (Fsp3) is 0.176. The van der Waals surface area contributed by atoms with Crippen LogP contribution in [-0.4, -0.2) is 0 Å². The van der Waals surface area contributed by atoms with Gasteiger partial charge in [-0.25, -0.2) is 0 Å². The minimum absolute atomic E-state index is 0.0281. The van der Waals surface area contributed by atoms with Crippen LogP contribution in [0.15, 0.2) is 41.8 Å². The average Bonchev–Trinajstić information content (AvgIpc) is 3.07. The summed E-state index contributed by atoms with van der Waals surface area (Å²) in [4.78, 5) is 0. The van der Waals surface area contributed by atoms with Crippen molar-refractivity contribution >= 4 is 44.7 Å². The van der Waals surface area contributed by atoms with Gasteiger partial charge in [0.25, 0.3) is 0 Å². The maximum absolute atomic E-state index is 6.52. The molecule has 0 aliphatic heterocycles. The fourth-order valence-corrected chi connectivity index (χ4v) is 4.62. The van der Waals surface area contributed by atoms with E-state index in [0.717, 1.165) is 0 Å². The van der Waals surface area contributed by atoms with E-state index in [1.807, 2.05) is 0 Å². The van der Waals surface area contributed by atoms with E-state index >= 15 is 0 Å². The molecule has 1 aliphatic rings. The van der Waals surface area contributed by atoms with E-state index in [4.69, 9.17) is 5.73 Å². The molecule has 1 unspecified atom stereocenters. The smallest absolute Gasteiger partial charge is 0.0656 e. The van der Waals surface area contributed by atoms with Crippen molar-refractivity contribution in [1.29, 1.82) is 0 Å². The molecule has 2 aromatic carbocycles. The third-order valence-electron chi connectivity index (χ3n) is 4.19. The van der Waals surface area contributed by atoms with Crippen molar-refractivity contribution < 1.29 is 0 Å².